The van der Waals surface area contributed by atoms with Crippen molar-refractivity contribution in [1.82, 2.24) is 24.9 Å². The van der Waals surface area contributed by atoms with Gasteiger partial charge in [-0.05, 0) is 24.3 Å². The molecule has 5 heteroatoms. The van der Waals surface area contributed by atoms with E-state index >= 15 is 0 Å². The Morgan fingerprint density at radius 3 is 1.62 bits per heavy atom. The van der Waals surface area contributed by atoms with Gasteiger partial charge in [-0.25, -0.2) is 19.9 Å². The van der Waals surface area contributed by atoms with Crippen LogP contribution in [0.2, 0.25) is 0 Å². The SMILES string of the molecule is c1ccc(-c2ccc3ccc4ccc(-c5ccc(-c6nc7cc8ccc9cccnc9c8nc7c7ccccc67)cc5)nc4c3n2)cc1. The van der Waals surface area contributed by atoms with E-state index in [0.717, 1.165) is 99.2 Å². The molecule has 0 radical (unpaired) electrons. The molecular weight excluding hydrogens is 587 g/mol. The van der Waals surface area contributed by atoms with Gasteiger partial charge in [0.15, 0.2) is 0 Å². The van der Waals surface area contributed by atoms with E-state index in [2.05, 4.69) is 126 Å². The van der Waals surface area contributed by atoms with Crippen molar-refractivity contribution in [2.75, 3.05) is 0 Å². The highest BCUT2D eigenvalue weighted by Crippen LogP contribution is 2.35. The summed E-state index contributed by atoms with van der Waals surface area (Å²) in [5, 5.41) is 6.38. The quantitative estimate of drug-likeness (QED) is 0.147. The molecule has 0 spiro atoms. The molecule has 5 heterocycles. The van der Waals surface area contributed by atoms with E-state index in [1.54, 1.807) is 0 Å². The molecule has 5 aromatic heterocycles. The normalized spacial score (nSPS) is 11.8. The molecule has 0 amide bonds. The first-order valence-corrected chi connectivity index (χ1v) is 16.0. The minimum Gasteiger partial charge on any atom is -0.254 e. The highest BCUT2D eigenvalue weighted by molar-refractivity contribution is 6.14. The third kappa shape index (κ3) is 4.22. The number of fused-ring (bicyclic) bond motifs is 9. The van der Waals surface area contributed by atoms with Crippen molar-refractivity contribution in [3.63, 3.8) is 0 Å². The van der Waals surface area contributed by atoms with E-state index < -0.39 is 0 Å². The molecule has 0 aliphatic rings. The van der Waals surface area contributed by atoms with Crippen LogP contribution in [0.5, 0.6) is 0 Å². The molecule has 222 valence electrons. The molecule has 0 bridgehead atoms. The third-order valence-corrected chi connectivity index (χ3v) is 9.25. The first-order chi connectivity index (χ1) is 23.8. The van der Waals surface area contributed by atoms with Gasteiger partial charge in [0.1, 0.15) is 0 Å². The molecule has 10 rings (SSSR count). The lowest BCUT2D eigenvalue weighted by Crippen LogP contribution is -1.94. The Balaban J connectivity index is 1.09. The largest absolute Gasteiger partial charge is 0.254 e. The molecule has 0 atom stereocenters. The fraction of sp³-hybridized carbons (Fsp3) is 0. The van der Waals surface area contributed by atoms with Crippen LogP contribution in [0.15, 0.2) is 152 Å². The summed E-state index contributed by atoms with van der Waals surface area (Å²) in [4.78, 5) is 25.2. The van der Waals surface area contributed by atoms with Crippen molar-refractivity contribution in [3.05, 3.63) is 152 Å². The van der Waals surface area contributed by atoms with Crippen LogP contribution in [0.3, 0.4) is 0 Å². The van der Waals surface area contributed by atoms with E-state index in [9.17, 15) is 0 Å². The molecule has 0 saturated heterocycles. The highest BCUT2D eigenvalue weighted by atomic mass is 14.8. The summed E-state index contributed by atoms with van der Waals surface area (Å²) in [6.45, 7) is 0. The van der Waals surface area contributed by atoms with Crippen LogP contribution in [-0.4, -0.2) is 24.9 Å². The lowest BCUT2D eigenvalue weighted by molar-refractivity contribution is 1.36. The summed E-state index contributed by atoms with van der Waals surface area (Å²) in [7, 11) is 0. The van der Waals surface area contributed by atoms with Crippen LogP contribution in [0.1, 0.15) is 0 Å². The molecular formula is C43H25N5. The van der Waals surface area contributed by atoms with Crippen LogP contribution in [-0.2, 0) is 0 Å². The Morgan fingerprint density at radius 1 is 0.333 bits per heavy atom. The Hall–Kier alpha value is -6.59. The Labute approximate surface area is 275 Å². The zero-order valence-electron chi connectivity index (χ0n) is 25.7. The maximum Gasteiger partial charge on any atom is 0.0974 e. The fourth-order valence-corrected chi connectivity index (χ4v) is 6.84. The van der Waals surface area contributed by atoms with Crippen molar-refractivity contribution < 1.29 is 0 Å². The second-order valence-corrected chi connectivity index (χ2v) is 12.1. The number of hydrogen-bond donors (Lipinski definition) is 0. The lowest BCUT2D eigenvalue weighted by Gasteiger charge is -2.12. The monoisotopic (exact) mass is 611 g/mol. The number of hydrogen-bond acceptors (Lipinski definition) is 5. The molecule has 0 N–H and O–H groups in total. The first kappa shape index (κ1) is 26.6. The number of benzene rings is 5. The minimum atomic E-state index is 0.862. The number of nitrogens with zero attached hydrogens (tertiary/aromatic N) is 5. The topological polar surface area (TPSA) is 64.5 Å². The van der Waals surface area contributed by atoms with Gasteiger partial charge in [-0.2, -0.15) is 0 Å². The maximum atomic E-state index is 5.21. The van der Waals surface area contributed by atoms with Crippen LogP contribution in [0.25, 0.3) is 99.2 Å². The smallest absolute Gasteiger partial charge is 0.0974 e. The van der Waals surface area contributed by atoms with Crippen molar-refractivity contribution in [1.29, 1.82) is 0 Å². The molecule has 5 aromatic carbocycles. The number of pyridine rings is 5. The summed E-state index contributed by atoms with van der Waals surface area (Å²) in [5.74, 6) is 0. The maximum absolute atomic E-state index is 5.21. The predicted octanol–water partition coefficient (Wildman–Crippen LogP) is 10.6. The van der Waals surface area contributed by atoms with Gasteiger partial charge in [-0.3, -0.25) is 4.98 Å². The van der Waals surface area contributed by atoms with E-state index in [0.29, 0.717) is 0 Å². The predicted molar refractivity (Wildman–Crippen MR) is 197 cm³/mol. The van der Waals surface area contributed by atoms with Crippen molar-refractivity contribution in [2.24, 2.45) is 0 Å². The van der Waals surface area contributed by atoms with E-state index in [1.165, 1.54) is 0 Å². The van der Waals surface area contributed by atoms with Gasteiger partial charge in [-0.1, -0.05) is 121 Å². The molecule has 0 fully saturated rings. The number of aromatic nitrogens is 5. The standard InChI is InChI=1S/C43H25N5/c1-2-7-26(8-3-1)35-22-20-30-16-17-31-21-23-36(46-41(31)40(30)45-35)27-12-14-29(15-13-27)38-33-10-4-5-11-34(33)43-37(47-38)25-32-19-18-28-9-6-24-44-39(28)42(32)48-43/h1-25H. The Morgan fingerprint density at radius 2 is 0.896 bits per heavy atom. The van der Waals surface area contributed by atoms with E-state index in [4.69, 9.17) is 19.9 Å². The molecule has 0 saturated carbocycles. The van der Waals surface area contributed by atoms with Gasteiger partial charge in [0.05, 0.1) is 50.2 Å². The molecule has 0 aliphatic heterocycles. The van der Waals surface area contributed by atoms with Crippen LogP contribution in [0.4, 0.5) is 0 Å². The summed E-state index contributed by atoms with van der Waals surface area (Å²) >= 11 is 0. The van der Waals surface area contributed by atoms with Crippen LogP contribution in [0, 0.1) is 0 Å². The second-order valence-electron chi connectivity index (χ2n) is 12.1. The van der Waals surface area contributed by atoms with Gasteiger partial charge in [-0.15, -0.1) is 0 Å². The zero-order chi connectivity index (χ0) is 31.6. The summed E-state index contributed by atoms with van der Waals surface area (Å²) in [6.07, 6.45) is 1.82. The molecule has 0 aliphatic carbocycles. The average molecular weight is 612 g/mol. The fourth-order valence-electron chi connectivity index (χ4n) is 6.84. The van der Waals surface area contributed by atoms with Crippen molar-refractivity contribution in [2.45, 2.75) is 0 Å². The van der Waals surface area contributed by atoms with Crippen molar-refractivity contribution >= 4 is 65.4 Å². The summed E-state index contributed by atoms with van der Waals surface area (Å²) in [6, 6.07) is 50.3. The molecule has 0 unspecified atom stereocenters. The molecule has 10 aromatic rings. The Bertz CT molecular complexity index is 2880. The van der Waals surface area contributed by atoms with Crippen molar-refractivity contribution in [3.8, 4) is 33.8 Å². The van der Waals surface area contributed by atoms with Gasteiger partial charge in [0.25, 0.3) is 0 Å². The first-order valence-electron chi connectivity index (χ1n) is 16.0. The van der Waals surface area contributed by atoms with Gasteiger partial charge in [0.2, 0.25) is 0 Å². The van der Waals surface area contributed by atoms with Gasteiger partial charge in [0, 0.05) is 55.2 Å². The van der Waals surface area contributed by atoms with Crippen LogP contribution < -0.4 is 0 Å². The zero-order valence-corrected chi connectivity index (χ0v) is 25.7. The lowest BCUT2D eigenvalue weighted by atomic mass is 9.99. The third-order valence-electron chi connectivity index (χ3n) is 9.25. The van der Waals surface area contributed by atoms with Crippen LogP contribution >= 0.6 is 0 Å². The molecule has 48 heavy (non-hydrogen) atoms. The van der Waals surface area contributed by atoms with E-state index in [1.807, 2.05) is 30.5 Å². The van der Waals surface area contributed by atoms with Gasteiger partial charge >= 0.3 is 0 Å². The van der Waals surface area contributed by atoms with E-state index in [-0.39, 0.29) is 0 Å². The second kappa shape index (κ2) is 10.5. The minimum absolute atomic E-state index is 0.862. The highest BCUT2D eigenvalue weighted by Gasteiger charge is 2.15. The Kier molecular flexibility index (Phi) is 5.81. The average Bonchev–Trinajstić information content (AvgIpc) is 3.17. The van der Waals surface area contributed by atoms with Gasteiger partial charge < -0.3 is 0 Å². The molecule has 5 nitrogen and oxygen atoms in total. The summed E-state index contributed by atoms with van der Waals surface area (Å²) in [5.41, 5.74) is 11.3. The summed E-state index contributed by atoms with van der Waals surface area (Å²) < 4.78 is 0. The number of rotatable bonds is 3.